The van der Waals surface area contributed by atoms with Gasteiger partial charge in [-0.1, -0.05) is 36.7 Å². The number of carbonyl (C=O) groups excluding carboxylic acids is 3. The molecule has 1 aromatic carbocycles. The zero-order valence-electron chi connectivity index (χ0n) is 15.6. The Morgan fingerprint density at radius 3 is 2.59 bits per heavy atom. The van der Waals surface area contributed by atoms with Crippen molar-refractivity contribution in [3.05, 3.63) is 46.6 Å². The Kier molecular flexibility index (Phi) is 5.41. The van der Waals surface area contributed by atoms with E-state index in [0.29, 0.717) is 17.3 Å². The number of fused-ring (bicyclic) bond motifs is 1. The van der Waals surface area contributed by atoms with E-state index in [4.69, 9.17) is 11.6 Å². The van der Waals surface area contributed by atoms with Gasteiger partial charge in [0.25, 0.3) is 5.91 Å². The number of carbonyl (C=O) groups is 3. The van der Waals surface area contributed by atoms with Crippen molar-refractivity contribution in [2.24, 2.45) is 5.92 Å². The number of rotatable bonds is 5. The summed E-state index contributed by atoms with van der Waals surface area (Å²) in [7, 11) is 3.12. The number of nitrogens with one attached hydrogen (secondary N) is 1. The van der Waals surface area contributed by atoms with Crippen LogP contribution in [0.5, 0.6) is 0 Å². The quantitative estimate of drug-likeness (QED) is 0.835. The molecule has 1 aromatic rings. The molecule has 27 heavy (non-hydrogen) atoms. The lowest BCUT2D eigenvalue weighted by molar-refractivity contribution is -0.137. The highest BCUT2D eigenvalue weighted by Gasteiger charge is 2.50. The monoisotopic (exact) mass is 390 g/mol. The van der Waals surface area contributed by atoms with Gasteiger partial charge in [-0.3, -0.25) is 14.5 Å². The number of benzene rings is 1. The summed E-state index contributed by atoms with van der Waals surface area (Å²) in [6, 6.07) is 6.93. The average Bonchev–Trinajstić information content (AvgIpc) is 3.03. The van der Waals surface area contributed by atoms with Gasteiger partial charge < -0.3 is 15.1 Å². The van der Waals surface area contributed by atoms with E-state index in [-0.39, 0.29) is 24.4 Å². The Morgan fingerprint density at radius 1 is 1.22 bits per heavy atom. The number of hydrogen-bond donors (Lipinski definition) is 1. The fraction of sp³-hybridized carbons (Fsp3) is 0.421. The summed E-state index contributed by atoms with van der Waals surface area (Å²) in [5.41, 5.74) is 1.23. The molecule has 1 fully saturated rings. The number of amides is 4. The first-order valence-corrected chi connectivity index (χ1v) is 9.29. The van der Waals surface area contributed by atoms with Crippen LogP contribution < -0.4 is 5.32 Å². The number of halogens is 1. The van der Waals surface area contributed by atoms with Crippen molar-refractivity contribution in [2.75, 3.05) is 20.6 Å². The minimum atomic E-state index is -0.551. The molecule has 0 saturated carbocycles. The maximum absolute atomic E-state index is 12.8. The highest BCUT2D eigenvalue weighted by molar-refractivity contribution is 6.31. The third-order valence-corrected chi connectivity index (χ3v) is 5.35. The Bertz CT molecular complexity index is 810. The number of nitrogens with zero attached hydrogens (tertiary/aromatic N) is 3. The SMILES string of the molecule is CCCN1C(C(=O)NCc2ccccc2Cl)=CC2C(=O)N(C)C(=O)N(C)C21. The largest absolute Gasteiger partial charge is 0.347 e. The molecule has 0 aromatic heterocycles. The first-order chi connectivity index (χ1) is 12.9. The lowest BCUT2D eigenvalue weighted by Crippen LogP contribution is -2.62. The molecule has 0 radical (unpaired) electrons. The normalized spacial score (nSPS) is 22.1. The zero-order valence-corrected chi connectivity index (χ0v) is 16.4. The van der Waals surface area contributed by atoms with Crippen LogP contribution in [0.2, 0.25) is 5.02 Å². The van der Waals surface area contributed by atoms with Crippen LogP contribution >= 0.6 is 11.6 Å². The van der Waals surface area contributed by atoms with Crippen LogP contribution in [0.25, 0.3) is 0 Å². The van der Waals surface area contributed by atoms with E-state index in [0.717, 1.165) is 16.9 Å². The Morgan fingerprint density at radius 2 is 1.93 bits per heavy atom. The Labute approximate surface area is 163 Å². The maximum atomic E-state index is 12.8. The lowest BCUT2D eigenvalue weighted by atomic mass is 10.0. The van der Waals surface area contributed by atoms with Crippen LogP contribution in [-0.2, 0) is 16.1 Å². The summed E-state index contributed by atoms with van der Waals surface area (Å²) in [5.74, 6) is -1.13. The Balaban J connectivity index is 1.82. The first-order valence-electron chi connectivity index (χ1n) is 8.91. The molecule has 144 valence electrons. The molecule has 2 aliphatic heterocycles. The predicted octanol–water partition coefficient (Wildman–Crippen LogP) is 2.03. The van der Waals surface area contributed by atoms with E-state index in [1.165, 1.54) is 11.9 Å². The number of imide groups is 1. The van der Waals surface area contributed by atoms with Crippen molar-refractivity contribution in [2.45, 2.75) is 26.1 Å². The molecular formula is C19H23ClN4O3. The molecule has 3 rings (SSSR count). The van der Waals surface area contributed by atoms with Crippen LogP contribution in [0.15, 0.2) is 36.0 Å². The molecule has 2 aliphatic rings. The van der Waals surface area contributed by atoms with Gasteiger partial charge >= 0.3 is 6.03 Å². The van der Waals surface area contributed by atoms with Crippen molar-refractivity contribution in [1.82, 2.24) is 20.0 Å². The van der Waals surface area contributed by atoms with E-state index in [1.807, 2.05) is 30.0 Å². The van der Waals surface area contributed by atoms with Crippen LogP contribution in [-0.4, -0.2) is 59.4 Å². The summed E-state index contributed by atoms with van der Waals surface area (Å²) < 4.78 is 0. The van der Waals surface area contributed by atoms with E-state index < -0.39 is 12.1 Å². The number of hydrogen-bond acceptors (Lipinski definition) is 4. The van der Waals surface area contributed by atoms with Crippen LogP contribution in [0.1, 0.15) is 18.9 Å². The third kappa shape index (κ3) is 3.39. The van der Waals surface area contributed by atoms with Gasteiger partial charge in [0.2, 0.25) is 5.91 Å². The van der Waals surface area contributed by atoms with Crippen molar-refractivity contribution in [1.29, 1.82) is 0 Å². The van der Waals surface area contributed by atoms with E-state index >= 15 is 0 Å². The van der Waals surface area contributed by atoms with E-state index in [1.54, 1.807) is 19.2 Å². The molecule has 0 spiro atoms. The van der Waals surface area contributed by atoms with Gasteiger partial charge in [0.05, 0.1) is 5.92 Å². The van der Waals surface area contributed by atoms with Crippen molar-refractivity contribution in [3.63, 3.8) is 0 Å². The summed E-state index contributed by atoms with van der Waals surface area (Å²) in [6.07, 6.45) is 1.98. The van der Waals surface area contributed by atoms with Gasteiger partial charge in [-0.25, -0.2) is 4.79 Å². The second kappa shape index (κ2) is 7.60. The van der Waals surface area contributed by atoms with Crippen molar-refractivity contribution >= 4 is 29.4 Å². The minimum absolute atomic E-state index is 0.283. The fourth-order valence-corrected chi connectivity index (χ4v) is 3.81. The maximum Gasteiger partial charge on any atom is 0.327 e. The summed E-state index contributed by atoms with van der Waals surface area (Å²) in [5, 5.41) is 3.45. The highest BCUT2D eigenvalue weighted by atomic mass is 35.5. The highest BCUT2D eigenvalue weighted by Crippen LogP contribution is 2.34. The summed E-state index contributed by atoms with van der Waals surface area (Å²) >= 11 is 6.14. The average molecular weight is 391 g/mol. The molecule has 0 bridgehead atoms. The Hall–Kier alpha value is -2.54. The molecule has 1 N–H and O–H groups in total. The second-order valence-corrected chi connectivity index (χ2v) is 7.16. The van der Waals surface area contributed by atoms with Crippen LogP contribution in [0, 0.1) is 5.92 Å². The first kappa shape index (κ1) is 19.2. The molecule has 1 saturated heterocycles. The molecule has 2 atom stereocenters. The van der Waals surface area contributed by atoms with Crippen LogP contribution in [0.4, 0.5) is 4.79 Å². The molecular weight excluding hydrogens is 368 g/mol. The fourth-order valence-electron chi connectivity index (χ4n) is 3.61. The second-order valence-electron chi connectivity index (χ2n) is 6.75. The standard InChI is InChI=1S/C19H23ClN4O3/c1-4-9-24-15(16(25)21-11-12-7-5-6-8-14(12)20)10-13-17(24)22(2)19(27)23(3)18(13)26/h5-8,10,13,17H,4,9,11H2,1-3H3,(H,21,25). The van der Waals surface area contributed by atoms with Crippen LogP contribution in [0.3, 0.4) is 0 Å². The molecule has 4 amide bonds. The van der Waals surface area contributed by atoms with Gasteiger partial charge in [0.15, 0.2) is 0 Å². The topological polar surface area (TPSA) is 73.0 Å². The van der Waals surface area contributed by atoms with E-state index in [9.17, 15) is 14.4 Å². The van der Waals surface area contributed by atoms with E-state index in [2.05, 4.69) is 5.32 Å². The molecule has 7 nitrogen and oxygen atoms in total. The molecule has 2 heterocycles. The van der Waals surface area contributed by atoms with Crippen molar-refractivity contribution < 1.29 is 14.4 Å². The number of urea groups is 1. The smallest absolute Gasteiger partial charge is 0.327 e. The third-order valence-electron chi connectivity index (χ3n) is 4.98. The van der Waals surface area contributed by atoms with Gasteiger partial charge in [0, 0.05) is 32.2 Å². The van der Waals surface area contributed by atoms with Gasteiger partial charge in [-0.2, -0.15) is 0 Å². The zero-order chi connectivity index (χ0) is 19.7. The van der Waals surface area contributed by atoms with Gasteiger partial charge in [-0.15, -0.1) is 0 Å². The minimum Gasteiger partial charge on any atom is -0.347 e. The predicted molar refractivity (Wildman–Crippen MR) is 102 cm³/mol. The summed E-state index contributed by atoms with van der Waals surface area (Å²) in [4.78, 5) is 42.2. The van der Waals surface area contributed by atoms with Gasteiger partial charge in [-0.05, 0) is 24.1 Å². The van der Waals surface area contributed by atoms with Gasteiger partial charge in [0.1, 0.15) is 11.9 Å². The summed E-state index contributed by atoms with van der Waals surface area (Å²) in [6.45, 7) is 2.85. The molecule has 2 unspecified atom stereocenters. The lowest BCUT2D eigenvalue weighted by Gasteiger charge is -2.43. The molecule has 8 heteroatoms. The van der Waals surface area contributed by atoms with Crippen molar-refractivity contribution in [3.8, 4) is 0 Å². The molecule has 0 aliphatic carbocycles.